The number of aromatic nitrogens is 2. The van der Waals surface area contributed by atoms with Crippen molar-refractivity contribution in [2.45, 2.75) is 31.1 Å². The third-order valence-electron chi connectivity index (χ3n) is 3.42. The number of fused-ring (bicyclic) bond motifs is 1. The van der Waals surface area contributed by atoms with Gasteiger partial charge in [0, 0.05) is 24.5 Å². The van der Waals surface area contributed by atoms with Gasteiger partial charge in [-0.3, -0.25) is 4.68 Å². The highest BCUT2D eigenvalue weighted by Crippen LogP contribution is 2.32. The number of hydrogen-bond donors (Lipinski definition) is 1. The molecule has 2 aliphatic heterocycles. The number of hydrogen-bond acceptors (Lipinski definition) is 4. The number of ether oxygens (including phenoxy) is 1. The minimum Gasteiger partial charge on any atom is -0.382 e. The van der Waals surface area contributed by atoms with Crippen molar-refractivity contribution in [2.75, 3.05) is 24.7 Å². The highest BCUT2D eigenvalue weighted by molar-refractivity contribution is 7.98. The van der Waals surface area contributed by atoms with Crippen molar-refractivity contribution in [1.29, 1.82) is 0 Å². The summed E-state index contributed by atoms with van der Waals surface area (Å²) in [6, 6.07) is 0.499. The minimum atomic E-state index is 0.499. The number of thioether (sulfide) groups is 1. The van der Waals surface area contributed by atoms with Crippen molar-refractivity contribution in [3.63, 3.8) is 0 Å². The van der Waals surface area contributed by atoms with Gasteiger partial charge >= 0.3 is 0 Å². The van der Waals surface area contributed by atoms with Gasteiger partial charge in [-0.2, -0.15) is 16.9 Å². The van der Waals surface area contributed by atoms with Gasteiger partial charge in [-0.1, -0.05) is 0 Å². The van der Waals surface area contributed by atoms with Gasteiger partial charge in [-0.15, -0.1) is 0 Å². The number of nitrogens with zero attached hydrogens (tertiary/aromatic N) is 2. The van der Waals surface area contributed by atoms with Crippen LogP contribution < -0.4 is 5.73 Å². The fourth-order valence-electron chi connectivity index (χ4n) is 2.52. The van der Waals surface area contributed by atoms with E-state index >= 15 is 0 Å². The Morgan fingerprint density at radius 2 is 2.19 bits per heavy atom. The SMILES string of the molecule is Nc1nn(C2CCOCC2)c2c1CCSC2. The molecule has 0 atom stereocenters. The van der Waals surface area contributed by atoms with Crippen molar-refractivity contribution in [3.05, 3.63) is 11.3 Å². The van der Waals surface area contributed by atoms with E-state index in [0.29, 0.717) is 6.04 Å². The van der Waals surface area contributed by atoms with Gasteiger partial charge in [-0.25, -0.2) is 0 Å². The van der Waals surface area contributed by atoms with E-state index in [9.17, 15) is 0 Å². The van der Waals surface area contributed by atoms with Gasteiger partial charge in [0.25, 0.3) is 0 Å². The van der Waals surface area contributed by atoms with Crippen molar-refractivity contribution >= 4 is 17.6 Å². The van der Waals surface area contributed by atoms with Crippen molar-refractivity contribution in [3.8, 4) is 0 Å². The first kappa shape index (κ1) is 10.5. The fraction of sp³-hybridized carbons (Fsp3) is 0.727. The summed E-state index contributed by atoms with van der Waals surface area (Å²) in [6.07, 6.45) is 3.21. The summed E-state index contributed by atoms with van der Waals surface area (Å²) in [7, 11) is 0. The first-order valence-corrected chi connectivity index (χ1v) is 7.03. The molecule has 0 saturated carbocycles. The maximum atomic E-state index is 6.00. The number of anilines is 1. The molecule has 4 nitrogen and oxygen atoms in total. The summed E-state index contributed by atoms with van der Waals surface area (Å²) >= 11 is 1.98. The molecule has 1 fully saturated rings. The molecule has 0 radical (unpaired) electrons. The summed E-state index contributed by atoms with van der Waals surface area (Å²) < 4.78 is 7.57. The topological polar surface area (TPSA) is 53.1 Å². The molecule has 0 aromatic carbocycles. The average Bonchev–Trinajstić information content (AvgIpc) is 2.69. The first-order valence-electron chi connectivity index (χ1n) is 5.87. The van der Waals surface area contributed by atoms with E-state index in [4.69, 9.17) is 10.5 Å². The Morgan fingerprint density at radius 1 is 1.38 bits per heavy atom. The summed E-state index contributed by atoms with van der Waals surface area (Å²) in [5, 5.41) is 4.54. The lowest BCUT2D eigenvalue weighted by Crippen LogP contribution is -2.22. The lowest BCUT2D eigenvalue weighted by atomic mass is 10.1. The molecule has 0 unspecified atom stereocenters. The van der Waals surface area contributed by atoms with Crippen LogP contribution in [0, 0.1) is 0 Å². The molecule has 2 aliphatic rings. The zero-order chi connectivity index (χ0) is 11.0. The van der Waals surface area contributed by atoms with Crippen LogP contribution >= 0.6 is 11.8 Å². The number of nitrogens with two attached hydrogens (primary N) is 1. The Balaban J connectivity index is 1.93. The highest BCUT2D eigenvalue weighted by Gasteiger charge is 2.25. The number of nitrogen functional groups attached to an aromatic ring is 1. The van der Waals surface area contributed by atoms with Gasteiger partial charge in [0.1, 0.15) is 5.82 Å². The van der Waals surface area contributed by atoms with Crippen LogP contribution in [-0.2, 0) is 16.9 Å². The predicted molar refractivity (Wildman–Crippen MR) is 65.6 cm³/mol. The third-order valence-corrected chi connectivity index (χ3v) is 4.39. The van der Waals surface area contributed by atoms with E-state index in [-0.39, 0.29) is 0 Å². The second-order valence-electron chi connectivity index (χ2n) is 4.40. The zero-order valence-corrected chi connectivity index (χ0v) is 10.1. The lowest BCUT2D eigenvalue weighted by Gasteiger charge is -2.25. The first-order chi connectivity index (χ1) is 7.86. The molecule has 3 heterocycles. The van der Waals surface area contributed by atoms with Crippen LogP contribution in [0.3, 0.4) is 0 Å². The highest BCUT2D eigenvalue weighted by atomic mass is 32.2. The van der Waals surface area contributed by atoms with Gasteiger partial charge < -0.3 is 10.5 Å². The second-order valence-corrected chi connectivity index (χ2v) is 5.51. The van der Waals surface area contributed by atoms with E-state index < -0.39 is 0 Å². The molecule has 1 saturated heterocycles. The number of rotatable bonds is 1. The van der Waals surface area contributed by atoms with E-state index in [1.165, 1.54) is 17.0 Å². The molecule has 1 aromatic rings. The molecule has 16 heavy (non-hydrogen) atoms. The summed E-state index contributed by atoms with van der Waals surface area (Å²) in [6.45, 7) is 1.71. The Kier molecular flexibility index (Phi) is 2.81. The van der Waals surface area contributed by atoms with Crippen LogP contribution in [-0.4, -0.2) is 28.7 Å². The van der Waals surface area contributed by atoms with Crippen LogP contribution in [0.5, 0.6) is 0 Å². The molecule has 1 aromatic heterocycles. The van der Waals surface area contributed by atoms with Crippen LogP contribution in [0.15, 0.2) is 0 Å². The third kappa shape index (κ3) is 1.72. The second kappa shape index (κ2) is 4.30. The normalized spacial score (nSPS) is 22.0. The smallest absolute Gasteiger partial charge is 0.148 e. The molecule has 0 aliphatic carbocycles. The zero-order valence-electron chi connectivity index (χ0n) is 9.32. The Labute approximate surface area is 99.5 Å². The molecule has 5 heteroatoms. The monoisotopic (exact) mass is 239 g/mol. The van der Waals surface area contributed by atoms with Crippen molar-refractivity contribution in [2.24, 2.45) is 0 Å². The maximum absolute atomic E-state index is 6.00. The summed E-state index contributed by atoms with van der Waals surface area (Å²) in [5.74, 6) is 3.00. The average molecular weight is 239 g/mol. The molecule has 0 bridgehead atoms. The molecule has 0 spiro atoms. The van der Waals surface area contributed by atoms with Gasteiger partial charge in [-0.05, 0) is 25.0 Å². The van der Waals surface area contributed by atoms with Crippen molar-refractivity contribution in [1.82, 2.24) is 9.78 Å². The Morgan fingerprint density at radius 3 is 3.00 bits per heavy atom. The summed E-state index contributed by atoms with van der Waals surface area (Å²) in [4.78, 5) is 0. The van der Waals surface area contributed by atoms with Crippen LogP contribution in [0.25, 0.3) is 0 Å². The molecule has 3 rings (SSSR count). The molecular formula is C11H17N3OS. The molecule has 0 amide bonds. The van der Waals surface area contributed by atoms with Gasteiger partial charge in [0.15, 0.2) is 0 Å². The molecular weight excluding hydrogens is 222 g/mol. The van der Waals surface area contributed by atoms with Gasteiger partial charge in [0.05, 0.1) is 11.7 Å². The quantitative estimate of drug-likeness (QED) is 0.809. The maximum Gasteiger partial charge on any atom is 0.148 e. The predicted octanol–water partition coefficient (Wildman–Crippen LogP) is 1.61. The van der Waals surface area contributed by atoms with E-state index in [1.807, 2.05) is 11.8 Å². The minimum absolute atomic E-state index is 0.499. The van der Waals surface area contributed by atoms with Crippen LogP contribution in [0.2, 0.25) is 0 Å². The lowest BCUT2D eigenvalue weighted by molar-refractivity contribution is 0.0656. The van der Waals surface area contributed by atoms with Crippen LogP contribution in [0.4, 0.5) is 5.82 Å². The molecule has 2 N–H and O–H groups in total. The summed E-state index contributed by atoms with van der Waals surface area (Å²) in [5.41, 5.74) is 8.65. The standard InChI is InChI=1S/C11H17N3OS/c12-11-9-3-6-16-7-10(9)14(13-11)8-1-4-15-5-2-8/h8H,1-7H2,(H2,12,13). The van der Waals surface area contributed by atoms with E-state index in [1.54, 1.807) is 0 Å². The van der Waals surface area contributed by atoms with E-state index in [0.717, 1.165) is 44.0 Å². The fourth-order valence-corrected chi connectivity index (χ4v) is 3.52. The Bertz CT molecular complexity index is 385. The largest absolute Gasteiger partial charge is 0.382 e. The van der Waals surface area contributed by atoms with Crippen LogP contribution in [0.1, 0.15) is 30.1 Å². The molecule has 88 valence electrons. The van der Waals surface area contributed by atoms with Gasteiger partial charge in [0.2, 0.25) is 0 Å². The Hall–Kier alpha value is -0.680. The van der Waals surface area contributed by atoms with E-state index in [2.05, 4.69) is 9.78 Å². The van der Waals surface area contributed by atoms with Crippen molar-refractivity contribution < 1.29 is 4.74 Å².